The molecule has 0 fully saturated rings. The Labute approximate surface area is 86.3 Å². The standard InChI is InChI=1S/C12H20O2/c1-4-5-6-7-8-12(3)11(13)9-10(2)14-12/h9H,4-8H2,1-3H3. The Morgan fingerprint density at radius 1 is 1.36 bits per heavy atom. The molecule has 0 bridgehead atoms. The van der Waals surface area contributed by atoms with Crippen LogP contribution in [-0.2, 0) is 9.53 Å². The number of allylic oxidation sites excluding steroid dienone is 1. The van der Waals surface area contributed by atoms with Gasteiger partial charge in [-0.3, -0.25) is 4.79 Å². The maximum Gasteiger partial charge on any atom is 0.202 e. The fourth-order valence-corrected chi connectivity index (χ4v) is 1.84. The second kappa shape index (κ2) is 4.63. The molecule has 0 saturated heterocycles. The SMILES string of the molecule is CCCCCCC1(C)OC(C)=CC1=O. The van der Waals surface area contributed by atoms with Gasteiger partial charge in [0.15, 0.2) is 5.60 Å². The first-order chi connectivity index (χ1) is 6.58. The Balaban J connectivity index is 2.34. The number of carbonyl (C=O) groups is 1. The Morgan fingerprint density at radius 3 is 2.57 bits per heavy atom. The van der Waals surface area contributed by atoms with E-state index in [1.165, 1.54) is 19.3 Å². The van der Waals surface area contributed by atoms with Crippen LogP contribution in [0.15, 0.2) is 11.8 Å². The molecule has 0 saturated carbocycles. The number of ketones is 1. The van der Waals surface area contributed by atoms with Gasteiger partial charge in [-0.25, -0.2) is 0 Å². The highest BCUT2D eigenvalue weighted by molar-refractivity contribution is 5.98. The van der Waals surface area contributed by atoms with E-state index in [0.717, 1.165) is 18.6 Å². The largest absolute Gasteiger partial charge is 0.484 e. The Bertz CT molecular complexity index is 243. The van der Waals surface area contributed by atoms with Gasteiger partial charge in [0.2, 0.25) is 5.78 Å². The third kappa shape index (κ3) is 2.60. The molecule has 1 heterocycles. The molecule has 1 atom stereocenters. The van der Waals surface area contributed by atoms with Crippen molar-refractivity contribution in [1.29, 1.82) is 0 Å². The summed E-state index contributed by atoms with van der Waals surface area (Å²) in [6.45, 7) is 5.92. The van der Waals surface area contributed by atoms with E-state index < -0.39 is 5.60 Å². The molecule has 0 amide bonds. The van der Waals surface area contributed by atoms with E-state index in [2.05, 4.69) is 6.92 Å². The molecule has 0 N–H and O–H groups in total. The molecule has 14 heavy (non-hydrogen) atoms. The minimum atomic E-state index is -0.558. The van der Waals surface area contributed by atoms with Crippen molar-refractivity contribution in [2.75, 3.05) is 0 Å². The van der Waals surface area contributed by atoms with Crippen molar-refractivity contribution < 1.29 is 9.53 Å². The van der Waals surface area contributed by atoms with Crippen molar-refractivity contribution >= 4 is 5.78 Å². The summed E-state index contributed by atoms with van der Waals surface area (Å²) in [7, 11) is 0. The normalized spacial score (nSPS) is 26.2. The Morgan fingerprint density at radius 2 is 2.07 bits per heavy atom. The predicted molar refractivity (Wildman–Crippen MR) is 57.0 cm³/mol. The molecule has 0 aromatic rings. The van der Waals surface area contributed by atoms with Gasteiger partial charge in [-0.1, -0.05) is 26.2 Å². The average molecular weight is 196 g/mol. The van der Waals surface area contributed by atoms with Crippen LogP contribution >= 0.6 is 0 Å². The van der Waals surface area contributed by atoms with Gasteiger partial charge < -0.3 is 4.74 Å². The van der Waals surface area contributed by atoms with E-state index in [4.69, 9.17) is 4.74 Å². The number of carbonyl (C=O) groups excluding carboxylic acids is 1. The van der Waals surface area contributed by atoms with Gasteiger partial charge in [0.1, 0.15) is 0 Å². The van der Waals surface area contributed by atoms with Gasteiger partial charge in [0.25, 0.3) is 0 Å². The molecular weight excluding hydrogens is 176 g/mol. The Hall–Kier alpha value is -0.790. The van der Waals surface area contributed by atoms with Crippen LogP contribution in [0.5, 0.6) is 0 Å². The average Bonchev–Trinajstić information content (AvgIpc) is 2.36. The number of hydrogen-bond acceptors (Lipinski definition) is 2. The minimum absolute atomic E-state index is 0.131. The molecule has 1 aliphatic heterocycles. The summed E-state index contributed by atoms with van der Waals surface area (Å²) in [5.74, 6) is 0.888. The first-order valence-electron chi connectivity index (χ1n) is 5.50. The van der Waals surface area contributed by atoms with E-state index in [0.29, 0.717) is 0 Å². The molecule has 1 aliphatic rings. The summed E-state index contributed by atoms with van der Waals surface area (Å²) >= 11 is 0. The lowest BCUT2D eigenvalue weighted by Crippen LogP contribution is -2.32. The molecule has 0 radical (unpaired) electrons. The van der Waals surface area contributed by atoms with Crippen LogP contribution in [0.1, 0.15) is 52.9 Å². The molecule has 2 heteroatoms. The van der Waals surface area contributed by atoms with Gasteiger partial charge in [-0.15, -0.1) is 0 Å². The van der Waals surface area contributed by atoms with Gasteiger partial charge in [0.05, 0.1) is 5.76 Å². The van der Waals surface area contributed by atoms with Crippen LogP contribution < -0.4 is 0 Å². The molecule has 80 valence electrons. The van der Waals surface area contributed by atoms with Gasteiger partial charge >= 0.3 is 0 Å². The van der Waals surface area contributed by atoms with Crippen molar-refractivity contribution in [3.05, 3.63) is 11.8 Å². The molecule has 0 aromatic carbocycles. The molecule has 0 spiro atoms. The third-order valence-corrected chi connectivity index (χ3v) is 2.75. The zero-order chi connectivity index (χ0) is 10.6. The molecule has 0 aliphatic carbocycles. The summed E-state index contributed by atoms with van der Waals surface area (Å²) in [4.78, 5) is 11.6. The van der Waals surface area contributed by atoms with Gasteiger partial charge in [-0.05, 0) is 26.7 Å². The minimum Gasteiger partial charge on any atom is -0.484 e. The molecule has 2 nitrogen and oxygen atoms in total. The second-order valence-corrected chi connectivity index (χ2v) is 4.26. The van der Waals surface area contributed by atoms with E-state index >= 15 is 0 Å². The highest BCUT2D eigenvalue weighted by atomic mass is 16.5. The van der Waals surface area contributed by atoms with E-state index in [-0.39, 0.29) is 5.78 Å². The highest BCUT2D eigenvalue weighted by Gasteiger charge is 2.37. The number of hydrogen-bond donors (Lipinski definition) is 0. The summed E-state index contributed by atoms with van der Waals surface area (Å²) in [6, 6.07) is 0. The number of unbranched alkanes of at least 4 members (excludes halogenated alkanes) is 3. The van der Waals surface area contributed by atoms with Crippen molar-refractivity contribution in [3.63, 3.8) is 0 Å². The molecule has 1 rings (SSSR count). The van der Waals surface area contributed by atoms with Crippen LogP contribution in [0.3, 0.4) is 0 Å². The molecular formula is C12H20O2. The summed E-state index contributed by atoms with van der Waals surface area (Å²) in [6.07, 6.45) is 7.21. The van der Waals surface area contributed by atoms with Crippen LogP contribution in [-0.4, -0.2) is 11.4 Å². The first-order valence-corrected chi connectivity index (χ1v) is 5.50. The third-order valence-electron chi connectivity index (χ3n) is 2.75. The predicted octanol–water partition coefficient (Wildman–Crippen LogP) is 3.22. The fraction of sp³-hybridized carbons (Fsp3) is 0.750. The topological polar surface area (TPSA) is 26.3 Å². The van der Waals surface area contributed by atoms with Crippen molar-refractivity contribution in [2.24, 2.45) is 0 Å². The van der Waals surface area contributed by atoms with Crippen molar-refractivity contribution in [1.82, 2.24) is 0 Å². The first kappa shape index (κ1) is 11.3. The maximum atomic E-state index is 11.6. The fourth-order valence-electron chi connectivity index (χ4n) is 1.84. The summed E-state index contributed by atoms with van der Waals surface area (Å²) in [5.41, 5.74) is -0.558. The molecule has 0 aromatic heterocycles. The second-order valence-electron chi connectivity index (χ2n) is 4.26. The van der Waals surface area contributed by atoms with E-state index in [1.54, 1.807) is 6.08 Å². The number of rotatable bonds is 5. The van der Waals surface area contributed by atoms with Crippen molar-refractivity contribution in [2.45, 2.75) is 58.5 Å². The summed E-state index contributed by atoms with van der Waals surface area (Å²) in [5, 5.41) is 0. The van der Waals surface area contributed by atoms with Crippen LogP contribution in [0, 0.1) is 0 Å². The van der Waals surface area contributed by atoms with E-state index in [1.807, 2.05) is 13.8 Å². The maximum absolute atomic E-state index is 11.6. The lowest BCUT2D eigenvalue weighted by Gasteiger charge is -2.23. The lowest BCUT2D eigenvalue weighted by atomic mass is 9.94. The highest BCUT2D eigenvalue weighted by Crippen LogP contribution is 2.29. The van der Waals surface area contributed by atoms with Gasteiger partial charge in [-0.2, -0.15) is 0 Å². The molecule has 1 unspecified atom stereocenters. The smallest absolute Gasteiger partial charge is 0.202 e. The van der Waals surface area contributed by atoms with Gasteiger partial charge in [0, 0.05) is 6.08 Å². The Kier molecular flexibility index (Phi) is 3.73. The zero-order valence-electron chi connectivity index (χ0n) is 9.43. The lowest BCUT2D eigenvalue weighted by molar-refractivity contribution is -0.129. The van der Waals surface area contributed by atoms with E-state index in [9.17, 15) is 4.79 Å². The number of ether oxygens (including phenoxy) is 1. The quantitative estimate of drug-likeness (QED) is 0.631. The zero-order valence-corrected chi connectivity index (χ0v) is 9.43. The van der Waals surface area contributed by atoms with Crippen LogP contribution in [0.2, 0.25) is 0 Å². The van der Waals surface area contributed by atoms with Crippen LogP contribution in [0.25, 0.3) is 0 Å². The monoisotopic (exact) mass is 196 g/mol. The van der Waals surface area contributed by atoms with Crippen molar-refractivity contribution in [3.8, 4) is 0 Å². The van der Waals surface area contributed by atoms with Crippen LogP contribution in [0.4, 0.5) is 0 Å². The summed E-state index contributed by atoms with van der Waals surface area (Å²) < 4.78 is 5.55.